The van der Waals surface area contributed by atoms with Crippen LogP contribution < -0.4 is 15.2 Å². The first-order valence-electron chi connectivity index (χ1n) is 11.5. The summed E-state index contributed by atoms with van der Waals surface area (Å²) in [6, 6.07) is 5.09. The molecule has 2 atom stereocenters. The lowest BCUT2D eigenvalue weighted by molar-refractivity contribution is -0.134. The number of alkyl halides is 1. The molecular weight excluding hydrogens is 455 g/mol. The molecule has 0 aromatic carbocycles. The molecule has 0 radical (unpaired) electrons. The van der Waals surface area contributed by atoms with Crippen molar-refractivity contribution in [1.29, 1.82) is 0 Å². The van der Waals surface area contributed by atoms with Crippen LogP contribution in [0.2, 0.25) is 0 Å². The van der Waals surface area contributed by atoms with Crippen LogP contribution in [-0.4, -0.2) is 68.3 Å². The maximum absolute atomic E-state index is 15.0. The summed E-state index contributed by atoms with van der Waals surface area (Å²) >= 11 is 0. The Morgan fingerprint density at radius 2 is 1.97 bits per heavy atom. The van der Waals surface area contributed by atoms with E-state index in [0.717, 1.165) is 18.4 Å². The van der Waals surface area contributed by atoms with E-state index in [1.807, 2.05) is 0 Å². The van der Waals surface area contributed by atoms with Crippen molar-refractivity contribution in [3.05, 3.63) is 54.2 Å². The number of carbonyl (C=O) groups excluding carboxylic acids is 2. The van der Waals surface area contributed by atoms with E-state index >= 15 is 0 Å². The molecule has 4 heterocycles. The van der Waals surface area contributed by atoms with Crippen molar-refractivity contribution in [3.63, 3.8) is 0 Å². The fraction of sp³-hybridized carbons (Fsp3) is 0.375. The van der Waals surface area contributed by atoms with Gasteiger partial charge in [-0.1, -0.05) is 0 Å². The summed E-state index contributed by atoms with van der Waals surface area (Å²) in [5, 5.41) is 6.56. The highest BCUT2D eigenvalue weighted by atomic mass is 19.1. The van der Waals surface area contributed by atoms with Gasteiger partial charge in [0.05, 0.1) is 31.5 Å². The number of piperidine rings is 1. The molecule has 182 valence electrons. The van der Waals surface area contributed by atoms with Gasteiger partial charge in [0.1, 0.15) is 17.4 Å². The average Bonchev–Trinajstić information content (AvgIpc) is 3.49. The predicted molar refractivity (Wildman–Crippen MR) is 122 cm³/mol. The first-order chi connectivity index (χ1) is 17.0. The predicted octanol–water partition coefficient (Wildman–Crippen LogP) is 2.07. The Balaban J connectivity index is 1.19. The molecule has 35 heavy (non-hydrogen) atoms. The van der Waals surface area contributed by atoms with Crippen LogP contribution >= 0.6 is 0 Å². The lowest BCUT2D eigenvalue weighted by atomic mass is 10.0. The number of hydrogen-bond acceptors (Lipinski definition) is 7. The lowest BCUT2D eigenvalue weighted by Crippen LogP contribution is -2.49. The first-order valence-corrected chi connectivity index (χ1v) is 11.5. The zero-order valence-corrected chi connectivity index (χ0v) is 18.9. The number of rotatable bonds is 8. The number of carbonyl (C=O) groups is 2. The van der Waals surface area contributed by atoms with Gasteiger partial charge in [-0.2, -0.15) is 5.10 Å². The van der Waals surface area contributed by atoms with Crippen LogP contribution in [0.4, 0.5) is 4.39 Å². The number of nitrogens with zero attached hydrogens (tertiary/aromatic N) is 4. The van der Waals surface area contributed by atoms with Crippen LogP contribution in [0.5, 0.6) is 11.6 Å². The fourth-order valence-corrected chi connectivity index (χ4v) is 3.91. The Morgan fingerprint density at radius 1 is 1.11 bits per heavy atom. The summed E-state index contributed by atoms with van der Waals surface area (Å²) in [5.74, 6) is -0.293. The maximum Gasteiger partial charge on any atom is 0.254 e. The van der Waals surface area contributed by atoms with Gasteiger partial charge in [0.2, 0.25) is 11.8 Å². The number of H-pyrrole nitrogens is 1. The van der Waals surface area contributed by atoms with E-state index in [1.54, 1.807) is 30.7 Å². The molecule has 5 rings (SSSR count). The number of nitrogens with one attached hydrogen (secondary N) is 1. The average molecular weight is 481 g/mol. The second-order valence-electron chi connectivity index (χ2n) is 8.71. The number of aromatic nitrogens is 4. The van der Waals surface area contributed by atoms with E-state index in [0.29, 0.717) is 23.6 Å². The Morgan fingerprint density at radius 3 is 2.63 bits per heavy atom. The number of aromatic amines is 1. The van der Waals surface area contributed by atoms with Gasteiger partial charge in [0, 0.05) is 42.2 Å². The number of hydrogen-bond donors (Lipinski definition) is 2. The maximum atomic E-state index is 15.0. The minimum Gasteiger partial charge on any atom is -0.489 e. The van der Waals surface area contributed by atoms with Crippen LogP contribution in [0.15, 0.2) is 43.0 Å². The quantitative estimate of drug-likeness (QED) is 0.504. The Kier molecular flexibility index (Phi) is 6.30. The van der Waals surface area contributed by atoms with Crippen molar-refractivity contribution in [2.75, 3.05) is 13.1 Å². The molecule has 1 saturated carbocycles. The normalized spacial score (nSPS) is 19.9. The number of halogens is 1. The molecule has 0 bridgehead atoms. The molecule has 3 aromatic rings. The molecule has 1 aliphatic carbocycles. The molecule has 11 heteroatoms. The minimum absolute atomic E-state index is 0.0325. The SMILES string of the molecule is NC(=O)c1cc(-c2cn[nH]c2)cnc1O[C@@H]1CCN(C(=O)Cc2ccc(OC3CC3)cn2)CC1F. The number of pyridine rings is 2. The second-order valence-corrected chi connectivity index (χ2v) is 8.71. The number of likely N-dealkylation sites (tertiary alicyclic amines) is 1. The van der Waals surface area contributed by atoms with Crippen LogP contribution in [0.1, 0.15) is 35.3 Å². The third kappa shape index (κ3) is 5.39. The topological polar surface area (TPSA) is 136 Å². The third-order valence-electron chi connectivity index (χ3n) is 6.00. The van der Waals surface area contributed by atoms with Crippen LogP contribution in [-0.2, 0) is 11.2 Å². The molecule has 1 aliphatic heterocycles. The van der Waals surface area contributed by atoms with Crippen LogP contribution in [0.3, 0.4) is 0 Å². The highest BCUT2D eigenvalue weighted by Gasteiger charge is 2.34. The first kappa shape index (κ1) is 22.8. The van der Waals surface area contributed by atoms with E-state index < -0.39 is 18.2 Å². The molecular formula is C24H25FN6O4. The van der Waals surface area contributed by atoms with Crippen LogP contribution in [0, 0.1) is 0 Å². The largest absolute Gasteiger partial charge is 0.489 e. The van der Waals surface area contributed by atoms with Crippen molar-refractivity contribution >= 4 is 11.8 Å². The molecule has 1 saturated heterocycles. The van der Waals surface area contributed by atoms with E-state index in [2.05, 4.69) is 20.2 Å². The van der Waals surface area contributed by atoms with Crippen molar-refractivity contribution in [2.24, 2.45) is 5.73 Å². The molecule has 10 nitrogen and oxygen atoms in total. The highest BCUT2D eigenvalue weighted by Crippen LogP contribution is 2.28. The summed E-state index contributed by atoms with van der Waals surface area (Å²) in [6.45, 7) is 0.192. The standard InChI is InChI=1S/C24H25FN6O4/c25-20-13-31(22(32)8-16-1-2-18(12-27-16)34-17-3-4-17)6-5-21(20)35-24-19(23(26)33)7-14(9-28-24)15-10-29-30-11-15/h1-2,7,9-12,17,20-21H,3-6,8,13H2,(H2,26,33)(H,29,30)/t20?,21-/m1/s1. The summed E-state index contributed by atoms with van der Waals surface area (Å²) < 4.78 is 26.4. The third-order valence-corrected chi connectivity index (χ3v) is 6.00. The van der Waals surface area contributed by atoms with Gasteiger partial charge in [-0.15, -0.1) is 0 Å². The van der Waals surface area contributed by atoms with E-state index in [1.165, 1.54) is 17.2 Å². The smallest absolute Gasteiger partial charge is 0.254 e. The van der Waals surface area contributed by atoms with Gasteiger partial charge in [-0.3, -0.25) is 19.7 Å². The van der Waals surface area contributed by atoms with E-state index in [4.69, 9.17) is 15.2 Å². The van der Waals surface area contributed by atoms with Crippen molar-refractivity contribution in [2.45, 2.75) is 44.1 Å². The number of amides is 2. The molecule has 3 aromatic heterocycles. The molecule has 0 spiro atoms. The summed E-state index contributed by atoms with van der Waals surface area (Å²) in [5.41, 5.74) is 7.50. The lowest BCUT2D eigenvalue weighted by Gasteiger charge is -2.34. The monoisotopic (exact) mass is 480 g/mol. The van der Waals surface area contributed by atoms with Gasteiger partial charge in [-0.05, 0) is 31.0 Å². The van der Waals surface area contributed by atoms with Gasteiger partial charge in [0.15, 0.2) is 6.17 Å². The van der Waals surface area contributed by atoms with Gasteiger partial charge in [-0.25, -0.2) is 9.37 Å². The Labute approximate surface area is 200 Å². The summed E-state index contributed by atoms with van der Waals surface area (Å²) in [6.07, 6.45) is 6.75. The van der Waals surface area contributed by atoms with E-state index in [-0.39, 0.29) is 42.8 Å². The van der Waals surface area contributed by atoms with Crippen LogP contribution in [0.25, 0.3) is 11.1 Å². The van der Waals surface area contributed by atoms with Gasteiger partial charge < -0.3 is 20.1 Å². The molecule has 3 N–H and O–H groups in total. The Bertz CT molecular complexity index is 1200. The number of primary amides is 1. The molecule has 2 aliphatic rings. The van der Waals surface area contributed by atoms with E-state index in [9.17, 15) is 14.0 Å². The summed E-state index contributed by atoms with van der Waals surface area (Å²) in [7, 11) is 0. The van der Waals surface area contributed by atoms with Gasteiger partial charge in [0.25, 0.3) is 5.91 Å². The Hall–Kier alpha value is -4.02. The fourth-order valence-electron chi connectivity index (χ4n) is 3.91. The second kappa shape index (κ2) is 9.69. The molecule has 2 amide bonds. The number of ether oxygens (including phenoxy) is 2. The highest BCUT2D eigenvalue weighted by molar-refractivity contribution is 5.96. The molecule has 1 unspecified atom stereocenters. The summed E-state index contributed by atoms with van der Waals surface area (Å²) in [4.78, 5) is 34.6. The minimum atomic E-state index is -1.45. The zero-order chi connectivity index (χ0) is 24.4. The van der Waals surface area contributed by atoms with Crippen molar-refractivity contribution in [3.8, 4) is 22.8 Å². The van der Waals surface area contributed by atoms with Gasteiger partial charge >= 0.3 is 0 Å². The number of nitrogens with two attached hydrogens (primary N) is 1. The zero-order valence-electron chi connectivity index (χ0n) is 18.9. The van der Waals surface area contributed by atoms with Crippen molar-refractivity contribution < 1.29 is 23.5 Å². The molecule has 2 fully saturated rings. The van der Waals surface area contributed by atoms with Crippen molar-refractivity contribution in [1.82, 2.24) is 25.1 Å².